The van der Waals surface area contributed by atoms with E-state index in [9.17, 15) is 0 Å². The lowest BCUT2D eigenvalue weighted by atomic mass is 9.84. The van der Waals surface area contributed by atoms with Crippen molar-refractivity contribution in [1.82, 2.24) is 5.43 Å². The molecule has 1 atom stereocenters. The van der Waals surface area contributed by atoms with Gasteiger partial charge in [0.25, 0.3) is 0 Å². The number of hydrazine groups is 1. The van der Waals surface area contributed by atoms with Gasteiger partial charge in [-0.05, 0) is 24.2 Å². The summed E-state index contributed by atoms with van der Waals surface area (Å²) in [5.74, 6) is 5.96. The van der Waals surface area contributed by atoms with Crippen LogP contribution in [-0.2, 0) is 0 Å². The predicted octanol–water partition coefficient (Wildman–Crippen LogP) is 1.91. The van der Waals surface area contributed by atoms with E-state index in [0.29, 0.717) is 5.41 Å². The summed E-state index contributed by atoms with van der Waals surface area (Å²) in [6.07, 6.45) is 2.45. The lowest BCUT2D eigenvalue weighted by Gasteiger charge is -2.22. The second-order valence-electron chi connectivity index (χ2n) is 4.61. The zero-order valence-corrected chi connectivity index (χ0v) is 8.28. The van der Waals surface area contributed by atoms with E-state index in [1.54, 1.807) is 0 Å². The van der Waals surface area contributed by atoms with E-state index in [1.807, 2.05) is 0 Å². The fraction of sp³-hybridized carbons (Fsp3) is 1.00. The normalized spacial score (nSPS) is 15.0. The van der Waals surface area contributed by atoms with Gasteiger partial charge in [0.1, 0.15) is 0 Å². The van der Waals surface area contributed by atoms with Crippen molar-refractivity contribution >= 4 is 0 Å². The van der Waals surface area contributed by atoms with Gasteiger partial charge >= 0.3 is 0 Å². The molecule has 0 aromatic rings. The highest BCUT2D eigenvalue weighted by atomic mass is 15.2. The molecule has 0 aliphatic heterocycles. The average molecular weight is 158 g/mol. The van der Waals surface area contributed by atoms with Crippen molar-refractivity contribution in [2.75, 3.05) is 6.54 Å². The lowest BCUT2D eigenvalue weighted by Crippen LogP contribution is -2.25. The predicted molar refractivity (Wildman–Crippen MR) is 50.0 cm³/mol. The Morgan fingerprint density at radius 2 is 1.91 bits per heavy atom. The molecule has 2 nitrogen and oxygen atoms in total. The standard InChI is InChI=1S/C9H22N2/c1-8(5-6-11-10)7-9(2,3)4/h8,11H,5-7,10H2,1-4H3. The lowest BCUT2D eigenvalue weighted by molar-refractivity contribution is 0.295. The monoisotopic (exact) mass is 158 g/mol. The summed E-state index contributed by atoms with van der Waals surface area (Å²) in [4.78, 5) is 0. The number of nitrogens with two attached hydrogens (primary N) is 1. The molecule has 0 heterocycles. The van der Waals surface area contributed by atoms with Gasteiger partial charge in [0, 0.05) is 6.54 Å². The summed E-state index contributed by atoms with van der Waals surface area (Å²) >= 11 is 0. The highest BCUT2D eigenvalue weighted by Gasteiger charge is 2.14. The first-order valence-electron chi connectivity index (χ1n) is 4.39. The van der Waals surface area contributed by atoms with Crippen molar-refractivity contribution in [3.8, 4) is 0 Å². The third-order valence-electron chi connectivity index (χ3n) is 1.74. The average Bonchev–Trinajstić information content (AvgIpc) is 1.79. The first-order chi connectivity index (χ1) is 4.95. The van der Waals surface area contributed by atoms with Crippen LogP contribution in [0.15, 0.2) is 0 Å². The fourth-order valence-corrected chi connectivity index (χ4v) is 1.48. The molecule has 0 aliphatic rings. The van der Waals surface area contributed by atoms with Gasteiger partial charge in [-0.15, -0.1) is 0 Å². The van der Waals surface area contributed by atoms with Gasteiger partial charge in [0.05, 0.1) is 0 Å². The smallest absolute Gasteiger partial charge is 0.00999 e. The molecular weight excluding hydrogens is 136 g/mol. The van der Waals surface area contributed by atoms with Crippen LogP contribution in [0.4, 0.5) is 0 Å². The third kappa shape index (κ3) is 7.82. The molecule has 0 aromatic carbocycles. The van der Waals surface area contributed by atoms with Crippen LogP contribution in [-0.4, -0.2) is 6.54 Å². The Hall–Kier alpha value is -0.0800. The summed E-state index contributed by atoms with van der Waals surface area (Å²) in [5.41, 5.74) is 3.14. The number of rotatable bonds is 4. The Bertz CT molecular complexity index is 94.2. The van der Waals surface area contributed by atoms with E-state index in [4.69, 9.17) is 5.84 Å². The minimum Gasteiger partial charge on any atom is -0.271 e. The molecule has 0 rings (SSSR count). The topological polar surface area (TPSA) is 38.0 Å². The highest BCUT2D eigenvalue weighted by molar-refractivity contribution is 4.66. The highest BCUT2D eigenvalue weighted by Crippen LogP contribution is 2.25. The minimum absolute atomic E-state index is 0.452. The second kappa shape index (κ2) is 4.73. The van der Waals surface area contributed by atoms with E-state index in [1.165, 1.54) is 12.8 Å². The quantitative estimate of drug-likeness (QED) is 0.484. The number of hydrogen-bond acceptors (Lipinski definition) is 2. The zero-order chi connectivity index (χ0) is 8.91. The molecule has 3 N–H and O–H groups in total. The van der Waals surface area contributed by atoms with Gasteiger partial charge in [-0.2, -0.15) is 0 Å². The molecule has 0 amide bonds. The fourth-order valence-electron chi connectivity index (χ4n) is 1.48. The van der Waals surface area contributed by atoms with Gasteiger partial charge in [0.15, 0.2) is 0 Å². The Kier molecular flexibility index (Phi) is 4.69. The van der Waals surface area contributed by atoms with E-state index in [-0.39, 0.29) is 0 Å². The molecule has 2 heteroatoms. The van der Waals surface area contributed by atoms with Gasteiger partial charge in [-0.25, -0.2) is 0 Å². The van der Waals surface area contributed by atoms with Crippen molar-refractivity contribution in [1.29, 1.82) is 0 Å². The third-order valence-corrected chi connectivity index (χ3v) is 1.74. The molecule has 0 radical (unpaired) electrons. The number of hydrogen-bond donors (Lipinski definition) is 2. The van der Waals surface area contributed by atoms with Crippen LogP contribution in [0.5, 0.6) is 0 Å². The van der Waals surface area contributed by atoms with Gasteiger partial charge in [0.2, 0.25) is 0 Å². The summed E-state index contributed by atoms with van der Waals surface area (Å²) in [7, 11) is 0. The van der Waals surface area contributed by atoms with E-state index in [0.717, 1.165) is 12.5 Å². The molecule has 11 heavy (non-hydrogen) atoms. The largest absolute Gasteiger partial charge is 0.271 e. The summed E-state index contributed by atoms with van der Waals surface area (Å²) < 4.78 is 0. The molecule has 0 fully saturated rings. The van der Waals surface area contributed by atoms with Crippen molar-refractivity contribution in [3.05, 3.63) is 0 Å². The van der Waals surface area contributed by atoms with E-state index >= 15 is 0 Å². The first-order valence-corrected chi connectivity index (χ1v) is 4.39. The maximum atomic E-state index is 5.19. The SMILES string of the molecule is CC(CCNN)CC(C)(C)C. The summed E-state index contributed by atoms with van der Waals surface area (Å²) in [6.45, 7) is 10.0. The molecule has 68 valence electrons. The van der Waals surface area contributed by atoms with Gasteiger partial charge in [-0.1, -0.05) is 27.7 Å². The summed E-state index contributed by atoms with van der Waals surface area (Å²) in [5, 5.41) is 0. The Balaban J connectivity index is 3.44. The molecule has 0 saturated carbocycles. The van der Waals surface area contributed by atoms with Crippen molar-refractivity contribution in [2.45, 2.75) is 40.5 Å². The zero-order valence-electron chi connectivity index (χ0n) is 8.28. The molecule has 0 aliphatic carbocycles. The van der Waals surface area contributed by atoms with Crippen molar-refractivity contribution in [2.24, 2.45) is 17.2 Å². The Labute approximate surface area is 70.5 Å². The maximum Gasteiger partial charge on any atom is 0.00999 e. The van der Waals surface area contributed by atoms with Crippen LogP contribution >= 0.6 is 0 Å². The van der Waals surface area contributed by atoms with Crippen molar-refractivity contribution < 1.29 is 0 Å². The van der Waals surface area contributed by atoms with Gasteiger partial charge < -0.3 is 0 Å². The van der Waals surface area contributed by atoms with Crippen LogP contribution < -0.4 is 11.3 Å². The Morgan fingerprint density at radius 1 is 1.36 bits per heavy atom. The molecule has 0 spiro atoms. The molecule has 0 bridgehead atoms. The van der Waals surface area contributed by atoms with Crippen LogP contribution in [0.2, 0.25) is 0 Å². The molecule has 0 saturated heterocycles. The minimum atomic E-state index is 0.452. The van der Waals surface area contributed by atoms with Gasteiger partial charge in [-0.3, -0.25) is 11.3 Å². The molecule has 0 aromatic heterocycles. The van der Waals surface area contributed by atoms with Crippen LogP contribution in [0.25, 0.3) is 0 Å². The Morgan fingerprint density at radius 3 is 2.27 bits per heavy atom. The molecule has 1 unspecified atom stereocenters. The van der Waals surface area contributed by atoms with Crippen LogP contribution in [0.1, 0.15) is 40.5 Å². The molecular formula is C9H22N2. The van der Waals surface area contributed by atoms with E-state index in [2.05, 4.69) is 33.1 Å². The summed E-state index contributed by atoms with van der Waals surface area (Å²) in [6, 6.07) is 0. The first kappa shape index (κ1) is 10.9. The number of nitrogens with one attached hydrogen (secondary N) is 1. The second-order valence-corrected chi connectivity index (χ2v) is 4.61. The van der Waals surface area contributed by atoms with E-state index < -0.39 is 0 Å². The maximum absolute atomic E-state index is 5.19. The van der Waals surface area contributed by atoms with Crippen LogP contribution in [0, 0.1) is 11.3 Å². The van der Waals surface area contributed by atoms with Crippen molar-refractivity contribution in [3.63, 3.8) is 0 Å². The van der Waals surface area contributed by atoms with Crippen LogP contribution in [0.3, 0.4) is 0 Å².